The minimum absolute atomic E-state index is 0.0509. The van der Waals surface area contributed by atoms with Crippen molar-refractivity contribution < 1.29 is 17.5 Å². The highest BCUT2D eigenvalue weighted by molar-refractivity contribution is 7.89. The first-order valence-electron chi connectivity index (χ1n) is 7.42. The summed E-state index contributed by atoms with van der Waals surface area (Å²) in [6, 6.07) is 11.6. The fourth-order valence-electron chi connectivity index (χ4n) is 2.57. The zero-order valence-corrected chi connectivity index (χ0v) is 13.6. The second-order valence-electron chi connectivity index (χ2n) is 5.75. The van der Waals surface area contributed by atoms with Crippen LogP contribution in [0.25, 0.3) is 0 Å². The molecule has 0 spiro atoms. The maximum absolute atomic E-state index is 13.6. The Kier molecular flexibility index (Phi) is 4.37. The Hall–Kier alpha value is -1.92. The van der Waals surface area contributed by atoms with Crippen LogP contribution in [0.2, 0.25) is 0 Å². The fraction of sp³-hybridized carbons (Fsp3) is 0.294. The van der Waals surface area contributed by atoms with Crippen LogP contribution in [0.1, 0.15) is 11.1 Å². The van der Waals surface area contributed by atoms with E-state index in [9.17, 15) is 12.8 Å². The Bertz CT molecular complexity index is 820. The van der Waals surface area contributed by atoms with Crippen LogP contribution in [-0.4, -0.2) is 21.6 Å². The number of hydrogen-bond acceptors (Lipinski definition) is 3. The van der Waals surface area contributed by atoms with Gasteiger partial charge in [0.2, 0.25) is 10.0 Å². The molecule has 0 amide bonds. The summed E-state index contributed by atoms with van der Waals surface area (Å²) in [5, 5.41) is 0. The monoisotopic (exact) mass is 335 g/mol. The fourth-order valence-corrected chi connectivity index (χ4v) is 3.70. The molecule has 0 radical (unpaired) electrons. The quantitative estimate of drug-likeness (QED) is 0.934. The van der Waals surface area contributed by atoms with Gasteiger partial charge < -0.3 is 4.74 Å². The molecule has 6 heteroatoms. The van der Waals surface area contributed by atoms with Gasteiger partial charge in [0.15, 0.2) is 0 Å². The SMILES string of the molecule is Cc1ccc(S(=O)(=O)NC[C@@H]2COc3ccccc3C2)cc1F. The predicted molar refractivity (Wildman–Crippen MR) is 85.5 cm³/mol. The van der Waals surface area contributed by atoms with E-state index in [1.807, 2.05) is 24.3 Å². The summed E-state index contributed by atoms with van der Waals surface area (Å²) in [7, 11) is -3.72. The van der Waals surface area contributed by atoms with Gasteiger partial charge in [0, 0.05) is 12.5 Å². The number of benzene rings is 2. The van der Waals surface area contributed by atoms with Crippen molar-refractivity contribution in [3.63, 3.8) is 0 Å². The largest absolute Gasteiger partial charge is 0.493 e. The Balaban J connectivity index is 1.67. The van der Waals surface area contributed by atoms with Gasteiger partial charge in [-0.3, -0.25) is 0 Å². The number of halogens is 1. The molecule has 0 saturated heterocycles. The van der Waals surface area contributed by atoms with Crippen molar-refractivity contribution in [2.75, 3.05) is 13.2 Å². The molecule has 4 nitrogen and oxygen atoms in total. The van der Waals surface area contributed by atoms with Gasteiger partial charge in [-0.2, -0.15) is 0 Å². The minimum atomic E-state index is -3.72. The van der Waals surface area contributed by atoms with Crippen LogP contribution in [0.4, 0.5) is 4.39 Å². The predicted octanol–water partition coefficient (Wildman–Crippen LogP) is 2.66. The highest BCUT2D eigenvalue weighted by Gasteiger charge is 2.22. The van der Waals surface area contributed by atoms with Crippen LogP contribution in [-0.2, 0) is 16.4 Å². The summed E-state index contributed by atoms with van der Waals surface area (Å²) >= 11 is 0. The number of rotatable bonds is 4. The summed E-state index contributed by atoms with van der Waals surface area (Å²) in [6.07, 6.45) is 0.751. The van der Waals surface area contributed by atoms with Gasteiger partial charge in [0.25, 0.3) is 0 Å². The molecule has 1 heterocycles. The zero-order chi connectivity index (χ0) is 16.4. The number of para-hydroxylation sites is 1. The van der Waals surface area contributed by atoms with Crippen LogP contribution in [0.5, 0.6) is 5.75 Å². The maximum Gasteiger partial charge on any atom is 0.240 e. The molecule has 0 bridgehead atoms. The summed E-state index contributed by atoms with van der Waals surface area (Å²) in [5.41, 5.74) is 1.49. The lowest BCUT2D eigenvalue weighted by Gasteiger charge is -2.25. The topological polar surface area (TPSA) is 55.4 Å². The van der Waals surface area contributed by atoms with Gasteiger partial charge in [-0.15, -0.1) is 0 Å². The molecule has 1 aliphatic rings. The van der Waals surface area contributed by atoms with E-state index < -0.39 is 15.8 Å². The van der Waals surface area contributed by atoms with Gasteiger partial charge in [0.05, 0.1) is 11.5 Å². The number of ether oxygens (including phenoxy) is 1. The third kappa shape index (κ3) is 3.54. The molecule has 2 aromatic rings. The number of hydrogen-bond donors (Lipinski definition) is 1. The second kappa shape index (κ2) is 6.29. The van der Waals surface area contributed by atoms with Crippen LogP contribution in [0.15, 0.2) is 47.4 Å². The summed E-state index contributed by atoms with van der Waals surface area (Å²) in [4.78, 5) is -0.0577. The van der Waals surface area contributed by atoms with E-state index in [0.717, 1.165) is 23.8 Å². The number of aryl methyl sites for hydroxylation is 1. The van der Waals surface area contributed by atoms with Crippen molar-refractivity contribution in [2.45, 2.75) is 18.2 Å². The normalized spacial score (nSPS) is 17.4. The highest BCUT2D eigenvalue weighted by Crippen LogP contribution is 2.26. The zero-order valence-electron chi connectivity index (χ0n) is 12.8. The van der Waals surface area contributed by atoms with Gasteiger partial charge in [0.1, 0.15) is 11.6 Å². The molecule has 0 fully saturated rings. The van der Waals surface area contributed by atoms with Crippen LogP contribution in [0.3, 0.4) is 0 Å². The summed E-state index contributed by atoms with van der Waals surface area (Å²) in [5.74, 6) is 0.380. The van der Waals surface area contributed by atoms with Gasteiger partial charge in [-0.25, -0.2) is 17.5 Å². The van der Waals surface area contributed by atoms with Crippen molar-refractivity contribution >= 4 is 10.0 Å². The van der Waals surface area contributed by atoms with E-state index in [-0.39, 0.29) is 17.4 Å². The molecule has 1 N–H and O–H groups in total. The molecule has 1 atom stereocenters. The number of nitrogens with one attached hydrogen (secondary N) is 1. The first kappa shape index (κ1) is 16.0. The van der Waals surface area contributed by atoms with E-state index in [1.54, 1.807) is 6.92 Å². The Morgan fingerprint density at radius 1 is 1.26 bits per heavy atom. The third-order valence-electron chi connectivity index (χ3n) is 3.97. The highest BCUT2D eigenvalue weighted by atomic mass is 32.2. The molecular formula is C17H18FNO3S. The molecule has 122 valence electrons. The van der Waals surface area contributed by atoms with Crippen LogP contribution >= 0.6 is 0 Å². The standard InChI is InChI=1S/C17H18FNO3S/c1-12-6-7-15(9-16(12)18)23(20,21)19-10-13-8-14-4-2-3-5-17(14)22-11-13/h2-7,9,13,19H,8,10-11H2,1H3/t13-/m1/s1. The molecule has 0 aromatic heterocycles. The van der Waals surface area contributed by atoms with Gasteiger partial charge in [-0.1, -0.05) is 24.3 Å². The van der Waals surface area contributed by atoms with Crippen molar-refractivity contribution in [1.82, 2.24) is 4.72 Å². The number of sulfonamides is 1. The molecule has 0 saturated carbocycles. The minimum Gasteiger partial charge on any atom is -0.493 e. The molecule has 0 aliphatic carbocycles. The van der Waals surface area contributed by atoms with Crippen LogP contribution < -0.4 is 9.46 Å². The third-order valence-corrected chi connectivity index (χ3v) is 5.39. The maximum atomic E-state index is 13.6. The van der Waals surface area contributed by atoms with Crippen molar-refractivity contribution in [2.24, 2.45) is 5.92 Å². The molecule has 0 unspecified atom stereocenters. The van der Waals surface area contributed by atoms with Crippen molar-refractivity contribution in [3.8, 4) is 5.75 Å². The average molecular weight is 335 g/mol. The summed E-state index contributed by atoms with van der Waals surface area (Å²) < 4.78 is 46.3. The van der Waals surface area contributed by atoms with E-state index in [2.05, 4.69) is 4.72 Å². The Morgan fingerprint density at radius 2 is 2.04 bits per heavy atom. The lowest BCUT2D eigenvalue weighted by atomic mass is 9.97. The Morgan fingerprint density at radius 3 is 2.83 bits per heavy atom. The van der Waals surface area contributed by atoms with E-state index in [4.69, 9.17) is 4.74 Å². The van der Waals surface area contributed by atoms with Gasteiger partial charge in [-0.05, 0) is 42.7 Å². The lowest BCUT2D eigenvalue weighted by Crippen LogP contribution is -2.34. The van der Waals surface area contributed by atoms with Gasteiger partial charge >= 0.3 is 0 Å². The number of fused-ring (bicyclic) bond motifs is 1. The van der Waals surface area contributed by atoms with E-state index in [0.29, 0.717) is 12.2 Å². The first-order valence-corrected chi connectivity index (χ1v) is 8.90. The van der Waals surface area contributed by atoms with Crippen molar-refractivity contribution in [1.29, 1.82) is 0 Å². The van der Waals surface area contributed by atoms with Crippen molar-refractivity contribution in [3.05, 3.63) is 59.4 Å². The molecule has 23 heavy (non-hydrogen) atoms. The molecule has 2 aromatic carbocycles. The average Bonchev–Trinajstić information content (AvgIpc) is 2.55. The van der Waals surface area contributed by atoms with E-state index in [1.165, 1.54) is 12.1 Å². The summed E-state index contributed by atoms with van der Waals surface area (Å²) in [6.45, 7) is 2.31. The molecule has 3 rings (SSSR count). The smallest absolute Gasteiger partial charge is 0.240 e. The molecule has 1 aliphatic heterocycles. The van der Waals surface area contributed by atoms with Crippen LogP contribution in [0, 0.1) is 18.7 Å². The molecular weight excluding hydrogens is 317 g/mol. The Labute approximate surface area is 135 Å². The lowest BCUT2D eigenvalue weighted by molar-refractivity contribution is 0.223. The second-order valence-corrected chi connectivity index (χ2v) is 7.52. The first-order chi connectivity index (χ1) is 11.0. The van der Waals surface area contributed by atoms with E-state index >= 15 is 0 Å².